The maximum Gasteiger partial charge on any atom is 0.313 e. The first kappa shape index (κ1) is 60.5. The number of benzene rings is 1. The quantitative estimate of drug-likeness (QED) is 0.0302. The lowest BCUT2D eigenvalue weighted by atomic mass is 9.37. The van der Waals surface area contributed by atoms with Gasteiger partial charge in [-0.1, -0.05) is 65.1 Å². The number of Topliss-reactive ketones (excluding diaryl/α,β-unsaturated/α-hetero) is 2. The van der Waals surface area contributed by atoms with Gasteiger partial charge in [-0.2, -0.15) is 0 Å². The van der Waals surface area contributed by atoms with Crippen molar-refractivity contribution in [3.05, 3.63) is 76.8 Å². The number of carbonyl (C=O) groups excluding carboxylic acids is 3. The van der Waals surface area contributed by atoms with E-state index in [0.717, 1.165) is 30.4 Å². The van der Waals surface area contributed by atoms with Crippen molar-refractivity contribution in [3.8, 4) is 17.6 Å². The van der Waals surface area contributed by atoms with Gasteiger partial charge in [0.1, 0.15) is 5.75 Å². The molecular weight excluding hydrogens is 1130 g/mol. The number of H-pyrrole nitrogens is 1. The van der Waals surface area contributed by atoms with E-state index >= 15 is 9.90 Å². The smallest absolute Gasteiger partial charge is 0.313 e. The van der Waals surface area contributed by atoms with Crippen molar-refractivity contribution in [3.63, 3.8) is 0 Å². The summed E-state index contributed by atoms with van der Waals surface area (Å²) in [6.45, 7) is 5.93. The molecule has 23 atom stereocenters. The molecule has 3 heterocycles. The van der Waals surface area contributed by atoms with E-state index in [1.54, 1.807) is 36.0 Å². The SMILES string of the molecule is C[C@H]1CCC2=CC[C@H]3[C@H](C(O)O)C[C@]4(O)CC[C@@]3(C[C@H]([C@@H]3COC(=O)[C@H]3c3cc[nH]c3)C#CC[C@H]3C[C@@]5(O)C6=C7NCC(=O)C[C@@H](c8ccc(O)cc8)CSSC[C@H]8[C@@H](O)[C@@H](O)C[C@](C)([C@H]6[C@@H]6CC[C@H](CN=C(N)N)[C@@]5(C6)[C@H]3[C@@]4(C)O)[C@@H]8C7=O)[C@H]2C1. The van der Waals surface area contributed by atoms with Gasteiger partial charge in [-0.25, -0.2) is 0 Å². The van der Waals surface area contributed by atoms with E-state index in [1.807, 2.05) is 31.3 Å². The highest BCUT2D eigenvalue weighted by Gasteiger charge is 2.80. The summed E-state index contributed by atoms with van der Waals surface area (Å²) in [5.41, 5.74) is 6.86. The average Bonchev–Trinajstić information content (AvgIpc) is 1.35. The maximum atomic E-state index is 16.3. The molecule has 466 valence electrons. The number of ketones is 2. The molecule has 0 unspecified atom stereocenters. The number of hydrogen-bond acceptors (Lipinski definition) is 16. The summed E-state index contributed by atoms with van der Waals surface area (Å²) < 4.78 is 6.02. The van der Waals surface area contributed by atoms with Gasteiger partial charge in [0.2, 0.25) is 0 Å². The number of fused-ring (bicyclic) bond motifs is 10. The maximum absolute atomic E-state index is 16.3. The van der Waals surface area contributed by atoms with Gasteiger partial charge in [-0.3, -0.25) is 19.4 Å². The van der Waals surface area contributed by atoms with Crippen molar-refractivity contribution >= 4 is 45.1 Å². The largest absolute Gasteiger partial charge is 0.508 e. The fourth-order valence-electron chi connectivity index (χ4n) is 21.8. The number of hydrogen-bond donors (Lipinski definition) is 12. The Morgan fingerprint density at radius 1 is 0.907 bits per heavy atom. The number of esters is 1. The molecule has 19 heteroatoms. The van der Waals surface area contributed by atoms with Crippen LogP contribution in [-0.2, 0) is 19.1 Å². The highest BCUT2D eigenvalue weighted by atomic mass is 33.1. The van der Waals surface area contributed by atoms with Crippen molar-refractivity contribution in [2.45, 2.75) is 164 Å². The molecule has 0 radical (unpaired) electrons. The third-order valence-electron chi connectivity index (χ3n) is 25.3. The van der Waals surface area contributed by atoms with Gasteiger partial charge < -0.3 is 67.4 Å². The Labute approximate surface area is 512 Å². The second kappa shape index (κ2) is 22.2. The lowest BCUT2D eigenvalue weighted by molar-refractivity contribution is -0.256. The fraction of sp³-hybridized carbons (Fsp3) is 0.701. The number of aliphatic hydroxyl groups is 7. The summed E-state index contributed by atoms with van der Waals surface area (Å²) in [6.07, 6.45) is 7.41. The molecule has 8 fully saturated rings. The number of ether oxygens (including phenoxy) is 1. The second-order valence-corrected chi connectivity index (χ2v) is 31.9. The lowest BCUT2D eigenvalue weighted by Crippen LogP contribution is -2.72. The van der Waals surface area contributed by atoms with Gasteiger partial charge >= 0.3 is 5.97 Å². The standard InChI is InChI=1S/C67H89N5O12S2/c1-34-7-8-36-12-16-48-45(59(78)79)26-65(82)19-18-64(48,49(36)21-34)23-37(46-31-84-60(80)51(46)40-17-20-70-28-40)5-4-6-39-25-67(83)54-52(38-9-13-42(29-72-61(68)69)66(67,24-38)58(39)63(65,3)81)62(2)27-50(75)56(76)47-33-86-85-32-41(35-10-14-43(73)15-11-35)22-44(74)30-71-55(54)57(77)53(47)62/h10-12,14-15,17,20,28,34,37-39,41-42,45-53,56,58-59,70-71,73,75-76,78-79,81-83H,6-9,13,16,18-19,21-27,29-33H2,1-3H3,(H4,68,69,72)/t34-,37+,38+,39-,41+,42+,45+,46-,47+,48-,49-,50-,51-,52-,53-,56+,58+,62+,63+,64-,65+,66-,67+/m0/s1. The fourth-order valence-corrected chi connectivity index (χ4v) is 24.5. The molecule has 11 aliphatic rings. The monoisotopic (exact) mass is 1220 g/mol. The van der Waals surface area contributed by atoms with Crippen LogP contribution in [0.25, 0.3) is 0 Å². The number of phenols is 1. The summed E-state index contributed by atoms with van der Waals surface area (Å²) in [5, 5.41) is 106. The van der Waals surface area contributed by atoms with Gasteiger partial charge in [0.15, 0.2) is 23.8 Å². The van der Waals surface area contributed by atoms with Crippen molar-refractivity contribution in [1.29, 1.82) is 0 Å². The van der Waals surface area contributed by atoms with Crippen molar-refractivity contribution < 1.29 is 60.0 Å². The van der Waals surface area contributed by atoms with Crippen LogP contribution in [0.3, 0.4) is 0 Å². The number of phenolic OH excluding ortho intramolecular Hbond substituents is 1. The van der Waals surface area contributed by atoms with E-state index in [9.17, 15) is 45.3 Å². The Hall–Kier alpha value is -4.36. The minimum atomic E-state index is -2.09. The minimum absolute atomic E-state index is 0.00278. The van der Waals surface area contributed by atoms with Crippen LogP contribution < -0.4 is 16.8 Å². The van der Waals surface area contributed by atoms with E-state index in [2.05, 4.69) is 35.1 Å². The van der Waals surface area contributed by atoms with Crippen LogP contribution in [0.2, 0.25) is 0 Å². The topological polar surface area (TPSA) is 314 Å². The van der Waals surface area contributed by atoms with Gasteiger partial charge in [0.05, 0.1) is 53.8 Å². The molecule has 2 aliphatic heterocycles. The summed E-state index contributed by atoms with van der Waals surface area (Å²) >= 11 is 0. The van der Waals surface area contributed by atoms with E-state index in [0.29, 0.717) is 61.5 Å². The van der Waals surface area contributed by atoms with Crippen LogP contribution in [0, 0.1) is 105 Å². The molecule has 9 aliphatic carbocycles. The van der Waals surface area contributed by atoms with Gasteiger partial charge in [-0.15, -0.1) is 5.92 Å². The number of nitrogens with two attached hydrogens (primary N) is 2. The Kier molecular flexibility index (Phi) is 15.7. The molecule has 1 aromatic carbocycles. The first-order chi connectivity index (χ1) is 41.0. The van der Waals surface area contributed by atoms with Crippen LogP contribution in [0.5, 0.6) is 5.75 Å². The molecule has 13 rings (SSSR count). The summed E-state index contributed by atoms with van der Waals surface area (Å²) in [4.78, 5) is 52.9. The van der Waals surface area contributed by atoms with E-state index < -0.39 is 105 Å². The second-order valence-electron chi connectivity index (χ2n) is 29.3. The van der Waals surface area contributed by atoms with Crippen molar-refractivity contribution in [2.24, 2.45) is 110 Å². The molecule has 17 nitrogen and oxygen atoms in total. The number of cyclic esters (lactones) is 1. The highest BCUT2D eigenvalue weighted by molar-refractivity contribution is 8.76. The number of carbonyl (C=O) groups is 3. The zero-order valence-electron chi connectivity index (χ0n) is 49.8. The molecule has 14 N–H and O–H groups in total. The van der Waals surface area contributed by atoms with Gasteiger partial charge in [0.25, 0.3) is 0 Å². The number of aliphatic imine (C=N–C) groups is 1. The molecule has 2 spiro atoms. The number of guanidine groups is 1. The number of nitrogens with zero attached hydrogens (tertiary/aromatic N) is 1. The summed E-state index contributed by atoms with van der Waals surface area (Å²) in [6, 6.07) is 8.73. The predicted octanol–water partition coefficient (Wildman–Crippen LogP) is 5.95. The number of rotatable bonds is 6. The predicted molar refractivity (Wildman–Crippen MR) is 326 cm³/mol. The van der Waals surface area contributed by atoms with Gasteiger partial charge in [0, 0.05) is 90.1 Å². The third kappa shape index (κ3) is 9.34. The summed E-state index contributed by atoms with van der Waals surface area (Å²) in [5.74, 6) is 0.203. The number of allylic oxidation sites excluding steroid dienone is 3. The molecule has 6 bridgehead atoms. The Bertz CT molecular complexity index is 3140. The van der Waals surface area contributed by atoms with E-state index in [1.165, 1.54) is 16.4 Å². The number of nitrogens with one attached hydrogen (secondary N) is 2. The normalized spacial score (nSPS) is 46.5. The molecule has 1 aromatic heterocycles. The van der Waals surface area contributed by atoms with E-state index in [-0.39, 0.29) is 123 Å². The zero-order chi connectivity index (χ0) is 60.6. The van der Waals surface area contributed by atoms with Crippen LogP contribution in [0.15, 0.2) is 70.6 Å². The highest BCUT2D eigenvalue weighted by Crippen LogP contribution is 2.78. The first-order valence-corrected chi connectivity index (χ1v) is 34.4. The number of aromatic hydroxyl groups is 1. The van der Waals surface area contributed by atoms with Crippen LogP contribution in [-0.4, -0.2) is 136 Å². The number of aromatic nitrogens is 1. The Balaban J connectivity index is 1.02. The molecule has 2 saturated heterocycles. The lowest BCUT2D eigenvalue weighted by Gasteiger charge is -2.69. The zero-order valence-corrected chi connectivity index (χ0v) is 51.4. The van der Waals surface area contributed by atoms with Crippen molar-refractivity contribution in [2.75, 3.05) is 31.2 Å². The first-order valence-electron chi connectivity index (χ1n) is 32.0. The number of aromatic amines is 1. The van der Waals surface area contributed by atoms with E-state index in [4.69, 9.17) is 21.2 Å². The molecule has 0 amide bonds. The molecular formula is C67H89N5O12S2. The molecule has 6 saturated carbocycles. The van der Waals surface area contributed by atoms with Crippen LogP contribution >= 0.6 is 21.6 Å². The molecule has 86 heavy (non-hydrogen) atoms. The molecule has 2 aromatic rings. The summed E-state index contributed by atoms with van der Waals surface area (Å²) in [7, 11) is 3.06. The third-order valence-corrected chi connectivity index (χ3v) is 27.8. The Morgan fingerprint density at radius 3 is 2.43 bits per heavy atom. The van der Waals surface area contributed by atoms with Gasteiger partial charge in [-0.05, 0) is 178 Å². The average molecular weight is 1220 g/mol. The van der Waals surface area contributed by atoms with Crippen LogP contribution in [0.1, 0.15) is 140 Å². The Morgan fingerprint density at radius 2 is 1.69 bits per heavy atom. The van der Waals surface area contributed by atoms with Crippen molar-refractivity contribution in [1.82, 2.24) is 10.3 Å². The van der Waals surface area contributed by atoms with Crippen LogP contribution in [0.4, 0.5) is 0 Å². The minimum Gasteiger partial charge on any atom is -0.508 e. The number of aliphatic hydroxyl groups excluding tert-OH is 3.